The van der Waals surface area contributed by atoms with Crippen LogP contribution in [-0.2, 0) is 0 Å². The molecule has 1 saturated heterocycles. The molecule has 2 unspecified atom stereocenters. The highest BCUT2D eigenvalue weighted by atomic mass is 16.5. The number of methoxy groups -OCH3 is 1. The quantitative estimate of drug-likeness (QED) is 0.922. The zero-order valence-electron chi connectivity index (χ0n) is 12.9. The zero-order valence-corrected chi connectivity index (χ0v) is 12.9. The second kappa shape index (κ2) is 7.27. The van der Waals surface area contributed by atoms with Crippen molar-refractivity contribution < 1.29 is 9.47 Å². The van der Waals surface area contributed by atoms with Crippen LogP contribution >= 0.6 is 0 Å². The van der Waals surface area contributed by atoms with Crippen LogP contribution in [0.1, 0.15) is 17.9 Å². The number of hydrogen-bond acceptors (Lipinski definition) is 4. The van der Waals surface area contributed by atoms with Gasteiger partial charge in [-0.1, -0.05) is 30.3 Å². The van der Waals surface area contributed by atoms with E-state index in [1.807, 2.05) is 12.1 Å². The predicted octanol–water partition coefficient (Wildman–Crippen LogP) is 2.86. The number of benzene rings is 1. The molecule has 1 aromatic carbocycles. The van der Waals surface area contributed by atoms with Gasteiger partial charge in [-0.2, -0.15) is 0 Å². The number of nitrogens with zero attached hydrogens (tertiary/aromatic N) is 1. The molecule has 1 aromatic heterocycles. The molecule has 0 bridgehead atoms. The van der Waals surface area contributed by atoms with E-state index in [1.54, 1.807) is 13.3 Å². The van der Waals surface area contributed by atoms with Crippen LogP contribution in [0.3, 0.4) is 0 Å². The molecule has 2 aromatic rings. The van der Waals surface area contributed by atoms with Crippen molar-refractivity contribution in [2.75, 3.05) is 26.8 Å². The minimum absolute atomic E-state index is 0.445. The Bertz CT molecular complexity index is 589. The van der Waals surface area contributed by atoms with Crippen molar-refractivity contribution in [3.8, 4) is 11.6 Å². The average Bonchev–Trinajstić information content (AvgIpc) is 2.61. The number of aromatic nitrogens is 1. The number of hydrogen-bond donors (Lipinski definition) is 1. The highest BCUT2D eigenvalue weighted by Gasteiger charge is 2.27. The summed E-state index contributed by atoms with van der Waals surface area (Å²) in [5.41, 5.74) is 1.40. The third-order valence-electron chi connectivity index (χ3n) is 4.22. The molecule has 0 aliphatic carbocycles. The van der Waals surface area contributed by atoms with Crippen LogP contribution in [0.25, 0.3) is 0 Å². The first kappa shape index (κ1) is 14.9. The molecule has 1 aliphatic heterocycles. The minimum Gasteiger partial charge on any atom is -0.488 e. The van der Waals surface area contributed by atoms with E-state index in [-0.39, 0.29) is 0 Å². The summed E-state index contributed by atoms with van der Waals surface area (Å²) in [5, 5.41) is 3.47. The number of rotatable bonds is 5. The summed E-state index contributed by atoms with van der Waals surface area (Å²) in [4.78, 5) is 4.18. The first-order valence-corrected chi connectivity index (χ1v) is 7.76. The molecule has 2 atom stereocenters. The van der Waals surface area contributed by atoms with Gasteiger partial charge in [0, 0.05) is 18.7 Å². The fraction of sp³-hybridized carbons (Fsp3) is 0.389. The molecule has 1 aliphatic rings. The molecule has 116 valence electrons. The normalized spacial score (nSPS) is 21.3. The zero-order chi connectivity index (χ0) is 15.2. The first-order chi connectivity index (χ1) is 10.9. The second-order valence-corrected chi connectivity index (χ2v) is 5.59. The summed E-state index contributed by atoms with van der Waals surface area (Å²) in [6.07, 6.45) is 2.85. The molecule has 0 radical (unpaired) electrons. The second-order valence-electron chi connectivity index (χ2n) is 5.59. The predicted molar refractivity (Wildman–Crippen MR) is 86.4 cm³/mol. The van der Waals surface area contributed by atoms with E-state index < -0.39 is 0 Å². The molecular formula is C18H22N2O2. The van der Waals surface area contributed by atoms with Gasteiger partial charge in [0.25, 0.3) is 5.88 Å². The van der Waals surface area contributed by atoms with Gasteiger partial charge >= 0.3 is 0 Å². The van der Waals surface area contributed by atoms with Gasteiger partial charge in [0.15, 0.2) is 5.75 Å². The van der Waals surface area contributed by atoms with Crippen molar-refractivity contribution in [3.63, 3.8) is 0 Å². The van der Waals surface area contributed by atoms with Gasteiger partial charge in [-0.15, -0.1) is 0 Å². The van der Waals surface area contributed by atoms with Crippen molar-refractivity contribution in [3.05, 3.63) is 54.2 Å². The summed E-state index contributed by atoms with van der Waals surface area (Å²) < 4.78 is 11.2. The number of ether oxygens (including phenoxy) is 2. The largest absolute Gasteiger partial charge is 0.488 e. The Labute approximate surface area is 131 Å². The first-order valence-electron chi connectivity index (χ1n) is 7.76. The lowest BCUT2D eigenvalue weighted by atomic mass is 9.81. The topological polar surface area (TPSA) is 43.4 Å². The maximum absolute atomic E-state index is 5.99. The highest BCUT2D eigenvalue weighted by Crippen LogP contribution is 2.31. The average molecular weight is 298 g/mol. The lowest BCUT2D eigenvalue weighted by Gasteiger charge is -2.32. The van der Waals surface area contributed by atoms with E-state index >= 15 is 0 Å². The van der Waals surface area contributed by atoms with E-state index in [0.717, 1.165) is 19.5 Å². The summed E-state index contributed by atoms with van der Waals surface area (Å²) in [6, 6.07) is 14.5. The Morgan fingerprint density at radius 2 is 2.05 bits per heavy atom. The lowest BCUT2D eigenvalue weighted by Crippen LogP contribution is -2.38. The van der Waals surface area contributed by atoms with Gasteiger partial charge < -0.3 is 14.8 Å². The molecule has 22 heavy (non-hydrogen) atoms. The SMILES string of the molecule is COc1ncccc1OCC1CNCCC1c1ccccc1. The maximum Gasteiger partial charge on any atom is 0.256 e. The van der Waals surface area contributed by atoms with E-state index in [2.05, 4.69) is 40.6 Å². The van der Waals surface area contributed by atoms with Crippen LogP contribution in [0, 0.1) is 5.92 Å². The van der Waals surface area contributed by atoms with Crippen LogP contribution in [0.15, 0.2) is 48.7 Å². The standard InChI is InChI=1S/C18H22N2O2/c1-21-18-17(8-5-10-20-18)22-13-15-12-19-11-9-16(15)14-6-3-2-4-7-14/h2-8,10,15-16,19H,9,11-13H2,1H3. The van der Waals surface area contributed by atoms with Crippen LogP contribution in [0.4, 0.5) is 0 Å². The van der Waals surface area contributed by atoms with Gasteiger partial charge in [0.05, 0.1) is 13.7 Å². The van der Waals surface area contributed by atoms with Crippen LogP contribution in [0.5, 0.6) is 11.6 Å². The van der Waals surface area contributed by atoms with Gasteiger partial charge in [-0.25, -0.2) is 4.98 Å². The molecular weight excluding hydrogens is 276 g/mol. The molecule has 0 spiro atoms. The molecule has 3 rings (SSSR count). The van der Waals surface area contributed by atoms with Crippen LogP contribution < -0.4 is 14.8 Å². The van der Waals surface area contributed by atoms with E-state index in [9.17, 15) is 0 Å². The molecule has 4 heteroatoms. The molecule has 4 nitrogen and oxygen atoms in total. The Kier molecular flexibility index (Phi) is 4.91. The third kappa shape index (κ3) is 3.39. The maximum atomic E-state index is 5.99. The monoisotopic (exact) mass is 298 g/mol. The highest BCUT2D eigenvalue weighted by molar-refractivity contribution is 5.32. The molecule has 0 amide bonds. The number of pyridine rings is 1. The molecule has 1 fully saturated rings. The summed E-state index contributed by atoms with van der Waals surface area (Å²) >= 11 is 0. The van der Waals surface area contributed by atoms with Crippen LogP contribution in [-0.4, -0.2) is 31.8 Å². The van der Waals surface area contributed by atoms with Crippen molar-refractivity contribution in [2.45, 2.75) is 12.3 Å². The Morgan fingerprint density at radius 1 is 1.18 bits per heavy atom. The Balaban J connectivity index is 1.69. The van der Waals surface area contributed by atoms with E-state index in [1.165, 1.54) is 5.56 Å². The third-order valence-corrected chi connectivity index (χ3v) is 4.22. The van der Waals surface area contributed by atoms with Crippen molar-refractivity contribution in [1.29, 1.82) is 0 Å². The summed E-state index contributed by atoms with van der Waals surface area (Å²) in [7, 11) is 1.62. The van der Waals surface area contributed by atoms with Crippen molar-refractivity contribution in [1.82, 2.24) is 10.3 Å². The van der Waals surface area contributed by atoms with Gasteiger partial charge in [0.2, 0.25) is 0 Å². The summed E-state index contributed by atoms with van der Waals surface area (Å²) in [5.74, 6) is 2.23. The fourth-order valence-corrected chi connectivity index (χ4v) is 3.07. The van der Waals surface area contributed by atoms with Gasteiger partial charge in [0.1, 0.15) is 0 Å². The van der Waals surface area contributed by atoms with Crippen LogP contribution in [0.2, 0.25) is 0 Å². The van der Waals surface area contributed by atoms with Crippen molar-refractivity contribution in [2.24, 2.45) is 5.92 Å². The smallest absolute Gasteiger partial charge is 0.256 e. The van der Waals surface area contributed by atoms with Crippen molar-refractivity contribution >= 4 is 0 Å². The summed E-state index contributed by atoms with van der Waals surface area (Å²) in [6.45, 7) is 2.70. The molecule has 0 saturated carbocycles. The number of piperidine rings is 1. The Morgan fingerprint density at radius 3 is 2.86 bits per heavy atom. The van der Waals surface area contributed by atoms with Gasteiger partial charge in [-0.3, -0.25) is 0 Å². The minimum atomic E-state index is 0.445. The number of nitrogens with one attached hydrogen (secondary N) is 1. The molecule has 2 heterocycles. The Hall–Kier alpha value is -2.07. The van der Waals surface area contributed by atoms with Gasteiger partial charge in [-0.05, 0) is 36.6 Å². The molecule has 1 N–H and O–H groups in total. The lowest BCUT2D eigenvalue weighted by molar-refractivity contribution is 0.190. The van der Waals surface area contributed by atoms with E-state index in [0.29, 0.717) is 30.1 Å². The van der Waals surface area contributed by atoms with E-state index in [4.69, 9.17) is 9.47 Å². The fourth-order valence-electron chi connectivity index (χ4n) is 3.07.